The second kappa shape index (κ2) is 8.14. The number of aryl methyl sites for hydroxylation is 1. The first-order valence-electron chi connectivity index (χ1n) is 8.64. The predicted molar refractivity (Wildman–Crippen MR) is 111 cm³/mol. The summed E-state index contributed by atoms with van der Waals surface area (Å²) in [6.45, 7) is 1.88. The maximum Gasteiger partial charge on any atom is 0.269 e. The van der Waals surface area contributed by atoms with Gasteiger partial charge in [0.15, 0.2) is 0 Å². The summed E-state index contributed by atoms with van der Waals surface area (Å²) in [4.78, 5) is 12.6. The van der Waals surface area contributed by atoms with Crippen LogP contribution in [-0.4, -0.2) is 21.4 Å². The monoisotopic (exact) mass is 395 g/mol. The predicted octanol–water partition coefficient (Wildman–Crippen LogP) is 3.58. The summed E-state index contributed by atoms with van der Waals surface area (Å²) >= 11 is 0. The maximum atomic E-state index is 12.7. The van der Waals surface area contributed by atoms with Crippen molar-refractivity contribution in [1.29, 1.82) is 0 Å². The van der Waals surface area contributed by atoms with Crippen molar-refractivity contribution in [2.45, 2.75) is 11.8 Å². The van der Waals surface area contributed by atoms with Crippen LogP contribution >= 0.6 is 0 Å². The summed E-state index contributed by atoms with van der Waals surface area (Å²) in [6.07, 6.45) is 0. The van der Waals surface area contributed by atoms with Gasteiger partial charge in [-0.2, -0.15) is 0 Å². The van der Waals surface area contributed by atoms with E-state index in [1.807, 2.05) is 43.3 Å². The van der Waals surface area contributed by atoms with E-state index in [4.69, 9.17) is 0 Å². The highest BCUT2D eigenvalue weighted by molar-refractivity contribution is 7.92. The molecule has 3 aromatic rings. The second-order valence-corrected chi connectivity index (χ2v) is 8.02. The Kier molecular flexibility index (Phi) is 5.65. The van der Waals surface area contributed by atoms with E-state index in [1.165, 1.54) is 12.1 Å². The number of hydrazine groups is 1. The molecule has 0 saturated heterocycles. The van der Waals surface area contributed by atoms with E-state index < -0.39 is 15.9 Å². The molecule has 0 unspecified atom stereocenters. The number of nitrogens with zero attached hydrogens (tertiary/aromatic N) is 1. The topological polar surface area (TPSA) is 78.5 Å². The third-order valence-corrected chi connectivity index (χ3v) is 5.47. The fourth-order valence-electron chi connectivity index (χ4n) is 2.66. The third-order valence-electron chi connectivity index (χ3n) is 4.09. The summed E-state index contributed by atoms with van der Waals surface area (Å²) in [7, 11) is -2.09. The largest absolute Gasteiger partial charge is 0.288 e. The van der Waals surface area contributed by atoms with Crippen LogP contribution in [0.3, 0.4) is 0 Å². The molecule has 1 amide bonds. The van der Waals surface area contributed by atoms with Gasteiger partial charge >= 0.3 is 0 Å². The zero-order valence-electron chi connectivity index (χ0n) is 15.6. The SMILES string of the molecule is Cc1cccc(NS(=O)(=O)c2cccc(C(=O)NN(C)c3ccccc3)c2)c1. The average molecular weight is 395 g/mol. The standard InChI is InChI=1S/C21H21N3O3S/c1-16-8-6-10-18(14-16)23-28(26,27)20-13-7-9-17(15-20)21(25)22-24(2)19-11-4-3-5-12-19/h3-15,23H,1-2H3,(H,22,25). The molecule has 28 heavy (non-hydrogen) atoms. The number of hydrogen-bond donors (Lipinski definition) is 2. The number of para-hydroxylation sites is 1. The molecule has 0 aliphatic heterocycles. The van der Waals surface area contributed by atoms with Crippen molar-refractivity contribution in [3.05, 3.63) is 90.0 Å². The van der Waals surface area contributed by atoms with E-state index in [1.54, 1.807) is 42.4 Å². The lowest BCUT2D eigenvalue weighted by molar-refractivity contribution is 0.0951. The van der Waals surface area contributed by atoms with Gasteiger partial charge in [-0.1, -0.05) is 36.4 Å². The summed E-state index contributed by atoms with van der Waals surface area (Å²) in [5.74, 6) is -0.404. The van der Waals surface area contributed by atoms with Crippen LogP contribution in [0.1, 0.15) is 15.9 Å². The van der Waals surface area contributed by atoms with Crippen molar-refractivity contribution in [2.24, 2.45) is 0 Å². The Morgan fingerprint density at radius 1 is 0.893 bits per heavy atom. The average Bonchev–Trinajstić information content (AvgIpc) is 2.68. The Balaban J connectivity index is 1.78. The van der Waals surface area contributed by atoms with Crippen LogP contribution in [0.2, 0.25) is 0 Å². The first-order valence-corrected chi connectivity index (χ1v) is 10.1. The van der Waals surface area contributed by atoms with E-state index in [-0.39, 0.29) is 10.5 Å². The Hall–Kier alpha value is -3.32. The van der Waals surface area contributed by atoms with E-state index in [9.17, 15) is 13.2 Å². The molecule has 0 saturated carbocycles. The number of hydrogen-bond acceptors (Lipinski definition) is 4. The summed E-state index contributed by atoms with van der Waals surface area (Å²) in [5, 5.41) is 1.58. The molecule has 0 radical (unpaired) electrons. The van der Waals surface area contributed by atoms with Crippen LogP contribution in [0.4, 0.5) is 11.4 Å². The van der Waals surface area contributed by atoms with Gasteiger partial charge < -0.3 is 0 Å². The van der Waals surface area contributed by atoms with Crippen LogP contribution in [0, 0.1) is 6.92 Å². The first kappa shape index (κ1) is 19.4. The molecular formula is C21H21N3O3S. The van der Waals surface area contributed by atoms with Crippen LogP contribution < -0.4 is 15.2 Å². The molecule has 2 N–H and O–H groups in total. The number of benzene rings is 3. The minimum atomic E-state index is -3.81. The lowest BCUT2D eigenvalue weighted by Gasteiger charge is -2.20. The summed E-state index contributed by atoms with van der Waals surface area (Å²) < 4.78 is 27.9. The van der Waals surface area contributed by atoms with Gasteiger partial charge in [-0.05, 0) is 55.0 Å². The normalized spacial score (nSPS) is 10.9. The van der Waals surface area contributed by atoms with Gasteiger partial charge in [0.25, 0.3) is 15.9 Å². The number of carbonyl (C=O) groups is 1. The zero-order chi connectivity index (χ0) is 20.1. The van der Waals surface area contributed by atoms with Crippen LogP contribution in [0.25, 0.3) is 0 Å². The van der Waals surface area contributed by atoms with Gasteiger partial charge in [-0.3, -0.25) is 20.0 Å². The van der Waals surface area contributed by atoms with Gasteiger partial charge in [0.1, 0.15) is 0 Å². The number of amides is 1. The molecule has 0 fully saturated rings. The molecular weight excluding hydrogens is 374 g/mol. The van der Waals surface area contributed by atoms with Crippen molar-refractivity contribution in [3.63, 3.8) is 0 Å². The zero-order valence-corrected chi connectivity index (χ0v) is 16.4. The highest BCUT2D eigenvalue weighted by Crippen LogP contribution is 2.18. The molecule has 144 valence electrons. The van der Waals surface area contributed by atoms with Crippen LogP contribution in [0.5, 0.6) is 0 Å². The van der Waals surface area contributed by atoms with E-state index in [2.05, 4.69) is 10.1 Å². The molecule has 0 aliphatic rings. The van der Waals surface area contributed by atoms with Gasteiger partial charge in [-0.25, -0.2) is 8.42 Å². The molecule has 0 aromatic heterocycles. The van der Waals surface area contributed by atoms with Crippen molar-refractivity contribution < 1.29 is 13.2 Å². The Morgan fingerprint density at radius 3 is 2.32 bits per heavy atom. The van der Waals surface area contributed by atoms with Crippen LogP contribution in [-0.2, 0) is 10.0 Å². The molecule has 3 aromatic carbocycles. The Labute approximate surface area is 164 Å². The Bertz CT molecular complexity index is 1080. The van der Waals surface area contributed by atoms with Gasteiger partial charge in [0.05, 0.1) is 10.6 Å². The summed E-state index contributed by atoms with van der Waals surface area (Å²) in [6, 6.07) is 22.3. The van der Waals surface area contributed by atoms with Crippen molar-refractivity contribution in [1.82, 2.24) is 5.43 Å². The fourth-order valence-corrected chi connectivity index (χ4v) is 3.76. The van der Waals surface area contributed by atoms with E-state index in [0.29, 0.717) is 5.69 Å². The van der Waals surface area contributed by atoms with Gasteiger partial charge in [-0.15, -0.1) is 0 Å². The summed E-state index contributed by atoms with van der Waals surface area (Å²) in [5.41, 5.74) is 5.19. The Morgan fingerprint density at radius 2 is 1.61 bits per heavy atom. The lowest BCUT2D eigenvalue weighted by Crippen LogP contribution is -2.39. The molecule has 0 heterocycles. The van der Waals surface area contributed by atoms with Crippen LogP contribution in [0.15, 0.2) is 83.8 Å². The number of anilines is 2. The van der Waals surface area contributed by atoms with Gasteiger partial charge in [0.2, 0.25) is 0 Å². The molecule has 7 heteroatoms. The van der Waals surface area contributed by atoms with Crippen molar-refractivity contribution in [2.75, 3.05) is 16.8 Å². The number of carbonyl (C=O) groups excluding carboxylic acids is 1. The smallest absolute Gasteiger partial charge is 0.269 e. The quantitative estimate of drug-likeness (QED) is 0.626. The minimum Gasteiger partial charge on any atom is -0.288 e. The second-order valence-electron chi connectivity index (χ2n) is 6.34. The number of nitrogens with one attached hydrogen (secondary N) is 2. The van der Waals surface area contributed by atoms with Crippen molar-refractivity contribution in [3.8, 4) is 0 Å². The molecule has 6 nitrogen and oxygen atoms in total. The molecule has 0 atom stereocenters. The van der Waals surface area contributed by atoms with Crippen molar-refractivity contribution >= 4 is 27.3 Å². The lowest BCUT2D eigenvalue weighted by atomic mass is 10.2. The fraction of sp³-hybridized carbons (Fsp3) is 0.0952. The third kappa shape index (κ3) is 4.69. The number of rotatable bonds is 6. The highest BCUT2D eigenvalue weighted by atomic mass is 32.2. The highest BCUT2D eigenvalue weighted by Gasteiger charge is 2.17. The molecule has 3 rings (SSSR count). The molecule has 0 bridgehead atoms. The maximum absolute atomic E-state index is 12.7. The van der Waals surface area contributed by atoms with E-state index in [0.717, 1.165) is 11.3 Å². The molecule has 0 aliphatic carbocycles. The van der Waals surface area contributed by atoms with E-state index >= 15 is 0 Å². The number of sulfonamides is 1. The minimum absolute atomic E-state index is 0.0176. The molecule has 0 spiro atoms. The van der Waals surface area contributed by atoms with Gasteiger partial charge in [0, 0.05) is 18.3 Å². The first-order chi connectivity index (χ1) is 13.3.